The van der Waals surface area contributed by atoms with E-state index < -0.39 is 20.3 Å². The minimum Gasteiger partial charge on any atom is -0.291 e. The summed E-state index contributed by atoms with van der Waals surface area (Å²) in [6, 6.07) is 6.75. The van der Waals surface area contributed by atoms with Crippen molar-refractivity contribution < 1.29 is 13.2 Å². The van der Waals surface area contributed by atoms with Crippen LogP contribution in [-0.2, 0) is 9.84 Å². The van der Waals surface area contributed by atoms with E-state index >= 15 is 0 Å². The maximum atomic E-state index is 11.7. The summed E-state index contributed by atoms with van der Waals surface area (Å²) in [5.74, 6) is -0.572. The Balaban J connectivity index is 3.12. The normalized spacial score (nSPS) is 13.5. The van der Waals surface area contributed by atoms with Crippen LogP contribution >= 0.6 is 11.6 Å². The van der Waals surface area contributed by atoms with Gasteiger partial charge in [0.25, 0.3) is 0 Å². The number of carbonyl (C=O) groups is 1. The molecule has 3 nitrogen and oxygen atoms in total. The number of ketones is 1. The van der Waals surface area contributed by atoms with Gasteiger partial charge in [-0.2, -0.15) is 0 Å². The van der Waals surface area contributed by atoms with E-state index in [4.69, 9.17) is 11.6 Å². The third kappa shape index (κ3) is 2.79. The van der Waals surface area contributed by atoms with Crippen LogP contribution in [0.15, 0.2) is 24.3 Å². The summed E-state index contributed by atoms with van der Waals surface area (Å²) >= 11 is 5.58. The third-order valence-electron chi connectivity index (χ3n) is 1.99. The highest BCUT2D eigenvalue weighted by Crippen LogP contribution is 2.16. The summed E-state index contributed by atoms with van der Waals surface area (Å²) in [4.78, 5) is 11.7. The molecule has 0 amide bonds. The molecule has 1 rings (SSSR count). The van der Waals surface area contributed by atoms with Gasteiger partial charge in [-0.25, -0.2) is 8.42 Å². The zero-order valence-electron chi connectivity index (χ0n) is 8.40. The Hall–Kier alpha value is -0.870. The fraction of sp³-hybridized carbons (Fsp3) is 0.300. The fourth-order valence-electron chi connectivity index (χ4n) is 1.17. The Morgan fingerprint density at radius 3 is 2.33 bits per heavy atom. The molecule has 5 heteroatoms. The van der Waals surface area contributed by atoms with Crippen molar-refractivity contribution in [1.29, 1.82) is 0 Å². The van der Waals surface area contributed by atoms with Crippen LogP contribution in [0.25, 0.3) is 0 Å². The Bertz CT molecular complexity index is 479. The van der Waals surface area contributed by atoms with Gasteiger partial charge in [0.15, 0.2) is 20.3 Å². The molecular formula is C10H11ClO3S. The molecule has 0 N–H and O–H groups in total. The minimum atomic E-state index is -3.55. The number of hydrogen-bond donors (Lipinski definition) is 0. The first-order chi connectivity index (χ1) is 6.84. The average molecular weight is 247 g/mol. The summed E-state index contributed by atoms with van der Waals surface area (Å²) in [7, 11) is -3.55. The molecule has 0 spiro atoms. The van der Waals surface area contributed by atoms with Crippen LogP contribution in [0.2, 0.25) is 0 Å². The molecule has 1 aromatic rings. The summed E-state index contributed by atoms with van der Waals surface area (Å²) in [5, 5.41) is 0. The monoisotopic (exact) mass is 246 g/mol. The number of Topliss-reactive ketones (excluding diaryl/α,β-unsaturated/α-hetero) is 1. The zero-order chi connectivity index (χ0) is 11.6. The molecule has 0 aromatic heterocycles. The first-order valence-corrected chi connectivity index (χ1v) is 6.66. The van der Waals surface area contributed by atoms with E-state index in [1.807, 2.05) is 0 Å². The van der Waals surface area contributed by atoms with Crippen LogP contribution in [0, 0.1) is 6.92 Å². The summed E-state index contributed by atoms with van der Waals surface area (Å²) in [6.45, 7) is 1.74. The van der Waals surface area contributed by atoms with E-state index in [1.54, 1.807) is 31.2 Å². The number of alkyl halides is 1. The van der Waals surface area contributed by atoms with E-state index in [0.29, 0.717) is 5.56 Å². The number of rotatable bonds is 3. The lowest BCUT2D eigenvalue weighted by Crippen LogP contribution is -2.24. The molecule has 0 bridgehead atoms. The SMILES string of the molecule is Cc1ccccc1C(=O)C(Cl)S(C)(=O)=O. The molecule has 0 fully saturated rings. The molecule has 82 valence electrons. The van der Waals surface area contributed by atoms with Gasteiger partial charge < -0.3 is 0 Å². The van der Waals surface area contributed by atoms with Crippen LogP contribution in [0.4, 0.5) is 0 Å². The number of aryl methyl sites for hydroxylation is 1. The lowest BCUT2D eigenvalue weighted by Gasteiger charge is -2.08. The Morgan fingerprint density at radius 2 is 1.87 bits per heavy atom. The highest BCUT2D eigenvalue weighted by atomic mass is 35.5. The van der Waals surface area contributed by atoms with Gasteiger partial charge in [-0.1, -0.05) is 35.9 Å². The summed E-state index contributed by atoms with van der Waals surface area (Å²) in [5.41, 5.74) is 1.07. The van der Waals surface area contributed by atoms with Crippen molar-refractivity contribution in [3.05, 3.63) is 35.4 Å². The molecule has 0 heterocycles. The number of hydrogen-bond acceptors (Lipinski definition) is 3. The van der Waals surface area contributed by atoms with Gasteiger partial charge in [0.05, 0.1) is 0 Å². The molecule has 0 saturated heterocycles. The van der Waals surface area contributed by atoms with Crippen LogP contribution in [-0.4, -0.2) is 25.2 Å². The van der Waals surface area contributed by atoms with Gasteiger partial charge in [-0.3, -0.25) is 4.79 Å². The van der Waals surface area contributed by atoms with Gasteiger partial charge in [0, 0.05) is 11.8 Å². The molecule has 15 heavy (non-hydrogen) atoms. The smallest absolute Gasteiger partial charge is 0.197 e. The largest absolute Gasteiger partial charge is 0.291 e. The summed E-state index contributed by atoms with van der Waals surface area (Å²) < 4.78 is 20.7. The van der Waals surface area contributed by atoms with Crippen molar-refractivity contribution >= 4 is 27.2 Å². The number of benzene rings is 1. The molecular weight excluding hydrogens is 236 g/mol. The minimum absolute atomic E-state index is 0.350. The van der Waals surface area contributed by atoms with E-state index in [1.165, 1.54) is 0 Å². The van der Waals surface area contributed by atoms with Crippen LogP contribution in [0.5, 0.6) is 0 Å². The van der Waals surface area contributed by atoms with Crippen molar-refractivity contribution in [3.63, 3.8) is 0 Å². The highest BCUT2D eigenvalue weighted by molar-refractivity contribution is 7.93. The molecule has 0 aliphatic carbocycles. The third-order valence-corrected chi connectivity index (χ3v) is 4.13. The maximum absolute atomic E-state index is 11.7. The molecule has 1 unspecified atom stereocenters. The maximum Gasteiger partial charge on any atom is 0.197 e. The van der Waals surface area contributed by atoms with Crippen molar-refractivity contribution in [3.8, 4) is 0 Å². The van der Waals surface area contributed by atoms with E-state index in [-0.39, 0.29) is 0 Å². The Morgan fingerprint density at radius 1 is 1.33 bits per heavy atom. The van der Waals surface area contributed by atoms with Crippen LogP contribution in [0.1, 0.15) is 15.9 Å². The molecule has 1 aromatic carbocycles. The second-order valence-corrected chi connectivity index (χ2v) is 6.15. The first kappa shape index (κ1) is 12.2. The van der Waals surface area contributed by atoms with Crippen molar-refractivity contribution in [2.45, 2.75) is 11.6 Å². The quantitative estimate of drug-likeness (QED) is 0.604. The number of halogens is 1. The van der Waals surface area contributed by atoms with E-state index in [2.05, 4.69) is 0 Å². The van der Waals surface area contributed by atoms with Crippen LogP contribution in [0.3, 0.4) is 0 Å². The molecule has 1 atom stereocenters. The predicted molar refractivity (Wildman–Crippen MR) is 60.0 cm³/mol. The molecule has 0 aliphatic heterocycles. The molecule has 0 saturated carbocycles. The average Bonchev–Trinajstić information content (AvgIpc) is 2.15. The number of sulfone groups is 1. The Kier molecular flexibility index (Phi) is 3.52. The van der Waals surface area contributed by atoms with Crippen LogP contribution < -0.4 is 0 Å². The summed E-state index contributed by atoms with van der Waals surface area (Å²) in [6.07, 6.45) is 0.945. The predicted octanol–water partition coefficient (Wildman–Crippen LogP) is 1.79. The van der Waals surface area contributed by atoms with E-state index in [9.17, 15) is 13.2 Å². The van der Waals surface area contributed by atoms with Gasteiger partial charge in [0.2, 0.25) is 0 Å². The number of carbonyl (C=O) groups excluding carboxylic acids is 1. The van der Waals surface area contributed by atoms with E-state index in [0.717, 1.165) is 11.8 Å². The zero-order valence-corrected chi connectivity index (χ0v) is 9.97. The van der Waals surface area contributed by atoms with Gasteiger partial charge in [-0.15, -0.1) is 0 Å². The first-order valence-electron chi connectivity index (χ1n) is 4.27. The van der Waals surface area contributed by atoms with Crippen molar-refractivity contribution in [1.82, 2.24) is 0 Å². The fourth-order valence-corrected chi connectivity index (χ4v) is 1.80. The second kappa shape index (κ2) is 4.33. The second-order valence-electron chi connectivity index (χ2n) is 3.32. The van der Waals surface area contributed by atoms with Gasteiger partial charge >= 0.3 is 0 Å². The lowest BCUT2D eigenvalue weighted by molar-refractivity contribution is 0.101. The highest BCUT2D eigenvalue weighted by Gasteiger charge is 2.27. The molecule has 0 radical (unpaired) electrons. The van der Waals surface area contributed by atoms with Gasteiger partial charge in [0.1, 0.15) is 0 Å². The molecule has 0 aliphatic rings. The topological polar surface area (TPSA) is 51.2 Å². The lowest BCUT2D eigenvalue weighted by atomic mass is 10.1. The van der Waals surface area contributed by atoms with Crippen molar-refractivity contribution in [2.24, 2.45) is 0 Å². The van der Waals surface area contributed by atoms with Gasteiger partial charge in [-0.05, 0) is 12.5 Å². The van der Waals surface area contributed by atoms with Crippen molar-refractivity contribution in [2.75, 3.05) is 6.26 Å². The Labute approximate surface area is 94.0 Å². The standard InChI is InChI=1S/C10H11ClO3S/c1-7-5-3-4-6-8(7)9(12)10(11)15(2,13)14/h3-6,10H,1-2H3.